The van der Waals surface area contributed by atoms with E-state index in [1.807, 2.05) is 24.3 Å². The van der Waals surface area contributed by atoms with Gasteiger partial charge in [0.15, 0.2) is 4.90 Å². The predicted molar refractivity (Wildman–Crippen MR) is 114 cm³/mol. The molecule has 1 saturated heterocycles. The van der Waals surface area contributed by atoms with Crippen LogP contribution in [-0.4, -0.2) is 56.7 Å². The fraction of sp³-hybridized carbons (Fsp3) is 0.273. The summed E-state index contributed by atoms with van der Waals surface area (Å²) < 4.78 is 17.4. The molecule has 3 unspecified atom stereocenters. The summed E-state index contributed by atoms with van der Waals surface area (Å²) in [6.07, 6.45) is 4.91. The Balaban J connectivity index is 1.65. The summed E-state index contributed by atoms with van der Waals surface area (Å²) in [6.45, 7) is 0.245. The number of aromatic amines is 1. The van der Waals surface area contributed by atoms with E-state index in [9.17, 15) is 14.5 Å². The summed E-state index contributed by atoms with van der Waals surface area (Å²) >= 11 is -1.12. The Morgan fingerprint density at radius 3 is 2.87 bits per heavy atom. The fourth-order valence-electron chi connectivity index (χ4n) is 3.88. The van der Waals surface area contributed by atoms with E-state index in [-0.39, 0.29) is 18.5 Å². The molecule has 0 spiro atoms. The van der Waals surface area contributed by atoms with Crippen LogP contribution in [0.4, 0.5) is 0 Å². The number of aromatic nitrogens is 2. The normalized spacial score (nSPS) is 19.7. The van der Waals surface area contributed by atoms with E-state index in [1.54, 1.807) is 48.9 Å². The lowest BCUT2D eigenvalue weighted by Crippen LogP contribution is -2.31. The fourth-order valence-corrected chi connectivity index (χ4v) is 4.45. The molecule has 8 heteroatoms. The number of methoxy groups -OCH3 is 1. The highest BCUT2D eigenvalue weighted by Crippen LogP contribution is 2.36. The second-order valence-electron chi connectivity index (χ2n) is 7.29. The number of H-pyrrole nitrogens is 1. The van der Waals surface area contributed by atoms with E-state index < -0.39 is 17.3 Å². The van der Waals surface area contributed by atoms with Crippen LogP contribution in [0, 0.1) is 0 Å². The number of rotatable bonds is 5. The zero-order valence-corrected chi connectivity index (χ0v) is 17.6. The lowest BCUT2D eigenvalue weighted by Gasteiger charge is -2.25. The number of carbonyl (C=O) groups excluding carboxylic acids is 1. The zero-order valence-electron chi connectivity index (χ0n) is 16.7. The Hall–Kier alpha value is -2.81. The summed E-state index contributed by atoms with van der Waals surface area (Å²) in [6, 6.07) is 12.4. The molecule has 1 aliphatic heterocycles. The molecule has 4 rings (SSSR count). The van der Waals surface area contributed by atoms with Crippen molar-refractivity contribution in [2.45, 2.75) is 23.5 Å². The molecule has 2 N–H and O–H groups in total. The number of carbonyl (C=O) groups is 1. The molecule has 1 aromatic heterocycles. The molecule has 0 bridgehead atoms. The molecule has 0 saturated carbocycles. The summed E-state index contributed by atoms with van der Waals surface area (Å²) in [7, 11) is 1.56. The minimum atomic E-state index is -1.12. The van der Waals surface area contributed by atoms with Gasteiger partial charge in [0.2, 0.25) is 0 Å². The van der Waals surface area contributed by atoms with E-state index in [0.29, 0.717) is 22.6 Å². The Kier molecular flexibility index (Phi) is 5.80. The van der Waals surface area contributed by atoms with Gasteiger partial charge in [-0.05, 0) is 53.5 Å². The highest BCUT2D eigenvalue weighted by atomic mass is 32.2. The molecule has 1 amide bonds. The highest BCUT2D eigenvalue weighted by Gasteiger charge is 2.36. The Labute approximate surface area is 177 Å². The second-order valence-corrected chi connectivity index (χ2v) is 8.67. The molecule has 0 radical (unpaired) electrons. The van der Waals surface area contributed by atoms with Crippen LogP contribution < -0.4 is 4.74 Å². The SMILES string of the molecule is COc1cc(C(=O)N2CC(O)CC2c2cccc([S+](C)[O-])c2)ccc1-c1cn[nH]c1. The quantitative estimate of drug-likeness (QED) is 0.612. The lowest BCUT2D eigenvalue weighted by molar-refractivity contribution is 0.0715. The number of benzene rings is 2. The summed E-state index contributed by atoms with van der Waals surface area (Å²) in [5.41, 5.74) is 3.05. The number of hydrogen-bond acceptors (Lipinski definition) is 5. The van der Waals surface area contributed by atoms with Gasteiger partial charge in [-0.2, -0.15) is 5.10 Å². The van der Waals surface area contributed by atoms with Crippen molar-refractivity contribution in [1.29, 1.82) is 0 Å². The summed E-state index contributed by atoms with van der Waals surface area (Å²) in [4.78, 5) is 15.7. The smallest absolute Gasteiger partial charge is 0.254 e. The van der Waals surface area contributed by atoms with Crippen molar-refractivity contribution in [2.24, 2.45) is 0 Å². The number of aliphatic hydroxyl groups is 1. The molecule has 3 atom stereocenters. The monoisotopic (exact) mass is 425 g/mol. The third kappa shape index (κ3) is 3.94. The molecule has 2 heterocycles. The molecule has 156 valence electrons. The first-order chi connectivity index (χ1) is 14.5. The van der Waals surface area contributed by atoms with Gasteiger partial charge in [-0.1, -0.05) is 12.1 Å². The molecule has 1 fully saturated rings. The van der Waals surface area contributed by atoms with Gasteiger partial charge in [0.1, 0.15) is 12.0 Å². The minimum absolute atomic E-state index is 0.184. The number of amides is 1. The van der Waals surface area contributed by atoms with Gasteiger partial charge in [-0.25, -0.2) is 0 Å². The van der Waals surface area contributed by atoms with Crippen LogP contribution >= 0.6 is 0 Å². The maximum absolute atomic E-state index is 13.3. The highest BCUT2D eigenvalue weighted by molar-refractivity contribution is 7.90. The van der Waals surface area contributed by atoms with E-state index in [4.69, 9.17) is 4.74 Å². The van der Waals surface area contributed by atoms with Crippen molar-refractivity contribution in [3.63, 3.8) is 0 Å². The predicted octanol–water partition coefficient (Wildman–Crippen LogP) is 2.77. The third-order valence-electron chi connectivity index (χ3n) is 5.37. The van der Waals surface area contributed by atoms with Crippen molar-refractivity contribution in [2.75, 3.05) is 19.9 Å². The molecule has 3 aromatic rings. The number of ether oxygens (including phenoxy) is 1. The second kappa shape index (κ2) is 8.51. The largest absolute Gasteiger partial charge is 0.612 e. The van der Waals surface area contributed by atoms with Crippen LogP contribution in [-0.2, 0) is 11.2 Å². The lowest BCUT2D eigenvalue weighted by atomic mass is 10.0. The molecule has 7 nitrogen and oxygen atoms in total. The van der Waals surface area contributed by atoms with E-state index >= 15 is 0 Å². The van der Waals surface area contributed by atoms with Gasteiger partial charge in [0.05, 0.1) is 25.5 Å². The first-order valence-corrected chi connectivity index (χ1v) is 11.1. The van der Waals surface area contributed by atoms with Gasteiger partial charge in [0.25, 0.3) is 5.91 Å². The first-order valence-electron chi connectivity index (χ1n) is 9.57. The number of nitrogens with zero attached hydrogens (tertiary/aromatic N) is 2. The molecular formula is C22H23N3O4S. The van der Waals surface area contributed by atoms with Crippen molar-refractivity contribution in [1.82, 2.24) is 15.1 Å². The maximum Gasteiger partial charge on any atom is 0.254 e. The Morgan fingerprint density at radius 2 is 2.17 bits per heavy atom. The number of β-amino-alcohol motifs (C(OH)–C–C–N with tert-alkyl or cyclic N) is 1. The number of hydrogen-bond donors (Lipinski definition) is 2. The van der Waals surface area contributed by atoms with Crippen molar-refractivity contribution < 1.29 is 19.2 Å². The molecule has 30 heavy (non-hydrogen) atoms. The van der Waals surface area contributed by atoms with Crippen LogP contribution in [0.5, 0.6) is 5.75 Å². The van der Waals surface area contributed by atoms with Crippen LogP contribution in [0.25, 0.3) is 11.1 Å². The van der Waals surface area contributed by atoms with Gasteiger partial charge in [-0.15, -0.1) is 0 Å². The standard InChI is InChI=1S/C22H23N3O4S/c1-29-21-9-15(6-7-19(21)16-11-23-24-12-16)22(27)25-13-17(26)10-20(25)14-4-3-5-18(8-14)30(2)28/h3-9,11-12,17,20,26H,10,13H2,1-2H3,(H,23,24). The summed E-state index contributed by atoms with van der Waals surface area (Å²) in [5, 5.41) is 17.0. The Morgan fingerprint density at radius 1 is 1.33 bits per heavy atom. The average Bonchev–Trinajstić information content (AvgIpc) is 3.42. The van der Waals surface area contributed by atoms with Crippen LogP contribution in [0.15, 0.2) is 59.8 Å². The van der Waals surface area contributed by atoms with Crippen LogP contribution in [0.2, 0.25) is 0 Å². The van der Waals surface area contributed by atoms with Gasteiger partial charge >= 0.3 is 0 Å². The Bertz CT molecular complexity index is 1040. The van der Waals surface area contributed by atoms with Crippen molar-refractivity contribution in [3.8, 4) is 16.9 Å². The van der Waals surface area contributed by atoms with E-state index in [2.05, 4.69) is 10.2 Å². The maximum atomic E-state index is 13.3. The van der Waals surface area contributed by atoms with Gasteiger partial charge in [-0.3, -0.25) is 9.89 Å². The van der Waals surface area contributed by atoms with Crippen molar-refractivity contribution >= 4 is 17.1 Å². The number of nitrogens with one attached hydrogen (secondary N) is 1. The molecule has 2 aromatic carbocycles. The molecular weight excluding hydrogens is 402 g/mol. The average molecular weight is 426 g/mol. The molecule has 1 aliphatic rings. The van der Waals surface area contributed by atoms with Gasteiger partial charge < -0.3 is 19.3 Å². The molecule has 0 aliphatic carbocycles. The minimum Gasteiger partial charge on any atom is -0.612 e. The third-order valence-corrected chi connectivity index (χ3v) is 6.29. The van der Waals surface area contributed by atoms with Gasteiger partial charge in [0, 0.05) is 29.4 Å². The van der Waals surface area contributed by atoms with Crippen LogP contribution in [0.3, 0.4) is 0 Å². The first kappa shape index (κ1) is 20.5. The van der Waals surface area contributed by atoms with E-state index in [0.717, 1.165) is 16.7 Å². The number of likely N-dealkylation sites (tertiary alicyclic amines) is 1. The zero-order chi connectivity index (χ0) is 21.3. The topological polar surface area (TPSA) is 102 Å². The van der Waals surface area contributed by atoms with Crippen LogP contribution in [0.1, 0.15) is 28.4 Å². The van der Waals surface area contributed by atoms with Crippen molar-refractivity contribution in [3.05, 3.63) is 66.0 Å². The number of aliphatic hydroxyl groups excluding tert-OH is 1. The summed E-state index contributed by atoms with van der Waals surface area (Å²) in [5.74, 6) is 0.388. The van der Waals surface area contributed by atoms with E-state index in [1.165, 1.54) is 0 Å².